The third-order valence-corrected chi connectivity index (χ3v) is 4.28. The van der Waals surface area contributed by atoms with Crippen LogP contribution >= 0.6 is 0 Å². The number of sulfonamides is 1. The van der Waals surface area contributed by atoms with E-state index in [1.54, 1.807) is 0 Å². The van der Waals surface area contributed by atoms with Gasteiger partial charge in [-0.2, -0.15) is 0 Å². The van der Waals surface area contributed by atoms with Crippen molar-refractivity contribution in [2.75, 3.05) is 13.1 Å². The highest BCUT2D eigenvalue weighted by atomic mass is 32.2. The molecular formula is C11H15FN2O2S. The van der Waals surface area contributed by atoms with Crippen LogP contribution < -0.4 is 10.0 Å². The molecule has 1 heterocycles. The van der Waals surface area contributed by atoms with Gasteiger partial charge >= 0.3 is 0 Å². The van der Waals surface area contributed by atoms with Gasteiger partial charge in [-0.3, -0.25) is 0 Å². The van der Waals surface area contributed by atoms with Gasteiger partial charge in [-0.15, -0.1) is 0 Å². The van der Waals surface area contributed by atoms with E-state index in [1.807, 2.05) is 0 Å². The minimum Gasteiger partial charge on any atom is -0.315 e. The molecule has 1 unspecified atom stereocenters. The van der Waals surface area contributed by atoms with Crippen molar-refractivity contribution in [3.05, 3.63) is 30.1 Å². The molecule has 0 aliphatic carbocycles. The van der Waals surface area contributed by atoms with Crippen molar-refractivity contribution >= 4 is 10.0 Å². The summed E-state index contributed by atoms with van der Waals surface area (Å²) in [5, 5.41) is 3.13. The fourth-order valence-electron chi connectivity index (χ4n) is 1.85. The summed E-state index contributed by atoms with van der Waals surface area (Å²) in [6.07, 6.45) is 1.78. The van der Waals surface area contributed by atoms with Gasteiger partial charge in [0.1, 0.15) is 5.82 Å². The summed E-state index contributed by atoms with van der Waals surface area (Å²) in [6, 6.07) is 4.75. The average molecular weight is 258 g/mol. The molecule has 4 nitrogen and oxygen atoms in total. The molecular weight excluding hydrogens is 243 g/mol. The van der Waals surface area contributed by atoms with Crippen LogP contribution in [-0.2, 0) is 10.0 Å². The Morgan fingerprint density at radius 1 is 1.29 bits per heavy atom. The molecule has 17 heavy (non-hydrogen) atoms. The van der Waals surface area contributed by atoms with Gasteiger partial charge in [-0.1, -0.05) is 0 Å². The molecule has 0 radical (unpaired) electrons. The summed E-state index contributed by atoms with van der Waals surface area (Å²) in [4.78, 5) is 0.101. The van der Waals surface area contributed by atoms with Crippen LogP contribution in [-0.4, -0.2) is 27.5 Å². The lowest BCUT2D eigenvalue weighted by Crippen LogP contribution is -2.45. The lowest BCUT2D eigenvalue weighted by atomic mass is 10.1. The fraction of sp³-hybridized carbons (Fsp3) is 0.455. The van der Waals surface area contributed by atoms with Crippen LogP contribution in [0.25, 0.3) is 0 Å². The first kappa shape index (κ1) is 12.5. The van der Waals surface area contributed by atoms with Crippen LogP contribution in [0, 0.1) is 5.82 Å². The van der Waals surface area contributed by atoms with Gasteiger partial charge in [0.15, 0.2) is 0 Å². The van der Waals surface area contributed by atoms with Crippen molar-refractivity contribution in [3.8, 4) is 0 Å². The second-order valence-electron chi connectivity index (χ2n) is 4.12. The van der Waals surface area contributed by atoms with E-state index in [0.29, 0.717) is 6.54 Å². The first-order chi connectivity index (χ1) is 8.08. The standard InChI is InChI=1S/C11H15FN2O2S/c12-9-3-5-11(6-4-9)17(15,16)14-10-2-1-7-13-8-10/h3-6,10,13-14H,1-2,7-8H2. The van der Waals surface area contributed by atoms with Crippen LogP contribution in [0.5, 0.6) is 0 Å². The molecule has 1 fully saturated rings. The van der Waals surface area contributed by atoms with Crippen molar-refractivity contribution in [2.24, 2.45) is 0 Å². The van der Waals surface area contributed by atoms with Gasteiger partial charge in [0.05, 0.1) is 4.90 Å². The van der Waals surface area contributed by atoms with E-state index in [2.05, 4.69) is 10.0 Å². The SMILES string of the molecule is O=S(=O)(NC1CCCNC1)c1ccc(F)cc1. The van der Waals surface area contributed by atoms with Crippen LogP contribution in [0.1, 0.15) is 12.8 Å². The number of rotatable bonds is 3. The summed E-state index contributed by atoms with van der Waals surface area (Å²) < 4.78 is 39.2. The predicted molar refractivity (Wildman–Crippen MR) is 62.6 cm³/mol. The average Bonchev–Trinajstić information content (AvgIpc) is 2.30. The zero-order valence-corrected chi connectivity index (χ0v) is 10.1. The summed E-state index contributed by atoms with van der Waals surface area (Å²) >= 11 is 0. The molecule has 1 saturated heterocycles. The molecule has 0 bridgehead atoms. The Bertz CT molecular complexity index is 467. The normalized spacial score (nSPS) is 21.4. The first-order valence-corrected chi connectivity index (χ1v) is 7.05. The molecule has 1 aromatic carbocycles. The molecule has 0 amide bonds. The Kier molecular flexibility index (Phi) is 3.76. The number of hydrogen-bond donors (Lipinski definition) is 2. The lowest BCUT2D eigenvalue weighted by molar-refractivity contribution is 0.428. The van der Waals surface area contributed by atoms with E-state index in [9.17, 15) is 12.8 Å². The maximum atomic E-state index is 12.7. The van der Waals surface area contributed by atoms with Gasteiger partial charge in [0, 0.05) is 12.6 Å². The van der Waals surface area contributed by atoms with E-state index < -0.39 is 15.8 Å². The highest BCUT2D eigenvalue weighted by Crippen LogP contribution is 2.12. The van der Waals surface area contributed by atoms with Crippen molar-refractivity contribution in [3.63, 3.8) is 0 Å². The summed E-state index contributed by atoms with van der Waals surface area (Å²) in [5.74, 6) is -0.441. The van der Waals surface area contributed by atoms with Gasteiger partial charge in [-0.25, -0.2) is 17.5 Å². The monoisotopic (exact) mass is 258 g/mol. The van der Waals surface area contributed by atoms with Gasteiger partial charge < -0.3 is 5.32 Å². The molecule has 6 heteroatoms. The second kappa shape index (κ2) is 5.12. The number of halogens is 1. The summed E-state index contributed by atoms with van der Waals surface area (Å²) in [6.45, 7) is 1.56. The third-order valence-electron chi connectivity index (χ3n) is 2.74. The van der Waals surface area contributed by atoms with E-state index in [-0.39, 0.29) is 10.9 Å². The van der Waals surface area contributed by atoms with Gasteiger partial charge in [0.25, 0.3) is 0 Å². The van der Waals surface area contributed by atoms with Crippen LogP contribution in [0.3, 0.4) is 0 Å². The predicted octanol–water partition coefficient (Wildman–Crippen LogP) is 0.856. The second-order valence-corrected chi connectivity index (χ2v) is 5.83. The zero-order chi connectivity index (χ0) is 12.3. The summed E-state index contributed by atoms with van der Waals surface area (Å²) in [7, 11) is -3.53. The number of piperidine rings is 1. The van der Waals surface area contributed by atoms with E-state index in [4.69, 9.17) is 0 Å². The Morgan fingerprint density at radius 3 is 2.59 bits per heavy atom. The highest BCUT2D eigenvalue weighted by Gasteiger charge is 2.21. The number of benzene rings is 1. The summed E-state index contributed by atoms with van der Waals surface area (Å²) in [5.41, 5.74) is 0. The molecule has 0 aromatic heterocycles. The Balaban J connectivity index is 2.10. The molecule has 2 rings (SSSR count). The van der Waals surface area contributed by atoms with E-state index in [0.717, 1.165) is 31.5 Å². The molecule has 1 aromatic rings. The largest absolute Gasteiger partial charge is 0.315 e. The van der Waals surface area contributed by atoms with Crippen LogP contribution in [0.15, 0.2) is 29.2 Å². The Labute approximate surface area is 100 Å². The molecule has 1 atom stereocenters. The molecule has 1 aliphatic heterocycles. The number of hydrogen-bond acceptors (Lipinski definition) is 3. The van der Waals surface area contributed by atoms with Crippen molar-refractivity contribution < 1.29 is 12.8 Å². The topological polar surface area (TPSA) is 58.2 Å². The van der Waals surface area contributed by atoms with Crippen molar-refractivity contribution in [1.82, 2.24) is 10.0 Å². The van der Waals surface area contributed by atoms with E-state index in [1.165, 1.54) is 12.1 Å². The minimum absolute atomic E-state index is 0.0844. The number of nitrogens with one attached hydrogen (secondary N) is 2. The van der Waals surface area contributed by atoms with E-state index >= 15 is 0 Å². The maximum Gasteiger partial charge on any atom is 0.240 e. The Hall–Kier alpha value is -0.980. The third kappa shape index (κ3) is 3.24. The van der Waals surface area contributed by atoms with Crippen LogP contribution in [0.2, 0.25) is 0 Å². The van der Waals surface area contributed by atoms with Crippen LogP contribution in [0.4, 0.5) is 4.39 Å². The molecule has 1 aliphatic rings. The van der Waals surface area contributed by atoms with Crippen molar-refractivity contribution in [1.29, 1.82) is 0 Å². The highest BCUT2D eigenvalue weighted by molar-refractivity contribution is 7.89. The maximum absolute atomic E-state index is 12.7. The van der Waals surface area contributed by atoms with Crippen molar-refractivity contribution in [2.45, 2.75) is 23.8 Å². The Morgan fingerprint density at radius 2 is 2.00 bits per heavy atom. The zero-order valence-electron chi connectivity index (χ0n) is 9.32. The fourth-order valence-corrected chi connectivity index (χ4v) is 3.12. The molecule has 2 N–H and O–H groups in total. The first-order valence-electron chi connectivity index (χ1n) is 5.56. The quantitative estimate of drug-likeness (QED) is 0.845. The lowest BCUT2D eigenvalue weighted by Gasteiger charge is -2.23. The molecule has 94 valence electrons. The van der Waals surface area contributed by atoms with Gasteiger partial charge in [-0.05, 0) is 43.7 Å². The smallest absolute Gasteiger partial charge is 0.240 e. The molecule has 0 spiro atoms. The minimum atomic E-state index is -3.53. The van der Waals surface area contributed by atoms with Gasteiger partial charge in [0.2, 0.25) is 10.0 Å². The molecule has 0 saturated carbocycles.